The lowest BCUT2D eigenvalue weighted by Crippen LogP contribution is -2.36. The van der Waals surface area contributed by atoms with Crippen LogP contribution >= 0.6 is 0 Å². The van der Waals surface area contributed by atoms with Crippen molar-refractivity contribution in [2.24, 2.45) is 5.92 Å². The lowest BCUT2D eigenvalue weighted by molar-refractivity contribution is -0.169. The Morgan fingerprint density at radius 2 is 2.00 bits per heavy atom. The molecule has 9 heteroatoms. The number of hydrogen-bond donors (Lipinski definition) is 1. The maximum absolute atomic E-state index is 13.7. The fourth-order valence-electron chi connectivity index (χ4n) is 2.52. The van der Waals surface area contributed by atoms with E-state index in [2.05, 4.69) is 4.74 Å². The summed E-state index contributed by atoms with van der Waals surface area (Å²) in [7, 11) is 1.02. The van der Waals surface area contributed by atoms with Gasteiger partial charge in [-0.1, -0.05) is 0 Å². The van der Waals surface area contributed by atoms with Gasteiger partial charge in [-0.2, -0.15) is 17.6 Å². The minimum absolute atomic E-state index is 0.222. The smallest absolute Gasteiger partial charge is 0.393 e. The highest BCUT2D eigenvalue weighted by molar-refractivity contribution is 5.80. The molecule has 122 valence electrons. The summed E-state index contributed by atoms with van der Waals surface area (Å²) in [6.45, 7) is -0.665. The standard InChI is InChI=1S/C13H12F5NO3/c1-22-11-8(3-2-7(14)10(11)15)19-5-6(13(16,17)18)4-9(19)12(20)21/h2-3,6,9H,4-5H2,1H3,(H,20,21). The number of methoxy groups -OCH3 is 1. The number of nitrogens with zero attached hydrogens (tertiary/aromatic N) is 1. The summed E-state index contributed by atoms with van der Waals surface area (Å²) in [6.07, 6.45) is -5.24. The van der Waals surface area contributed by atoms with Crippen LogP contribution in [0, 0.1) is 17.6 Å². The Morgan fingerprint density at radius 1 is 1.36 bits per heavy atom. The molecule has 1 aromatic carbocycles. The van der Waals surface area contributed by atoms with Crippen molar-refractivity contribution in [3.8, 4) is 5.75 Å². The lowest BCUT2D eigenvalue weighted by atomic mass is 10.1. The first-order chi connectivity index (χ1) is 10.2. The molecule has 2 unspecified atom stereocenters. The van der Waals surface area contributed by atoms with Crippen molar-refractivity contribution < 1.29 is 36.6 Å². The van der Waals surface area contributed by atoms with E-state index in [0.29, 0.717) is 6.07 Å². The fourth-order valence-corrected chi connectivity index (χ4v) is 2.52. The molecule has 0 amide bonds. The predicted molar refractivity (Wildman–Crippen MR) is 65.8 cm³/mol. The van der Waals surface area contributed by atoms with E-state index in [4.69, 9.17) is 5.11 Å². The number of alkyl halides is 3. The second kappa shape index (κ2) is 5.62. The topological polar surface area (TPSA) is 49.8 Å². The number of carboxylic acid groups (broad SMARTS) is 1. The molecule has 1 aromatic rings. The average Bonchev–Trinajstić information content (AvgIpc) is 2.86. The van der Waals surface area contributed by atoms with Crippen LogP contribution in [0.2, 0.25) is 0 Å². The normalized spacial score (nSPS) is 22.0. The Balaban J connectivity index is 2.46. The van der Waals surface area contributed by atoms with E-state index >= 15 is 0 Å². The Bertz CT molecular complexity index is 590. The largest absolute Gasteiger partial charge is 0.491 e. The Morgan fingerprint density at radius 3 is 2.50 bits per heavy atom. The molecule has 4 nitrogen and oxygen atoms in total. The van der Waals surface area contributed by atoms with E-state index in [-0.39, 0.29) is 5.69 Å². The molecule has 22 heavy (non-hydrogen) atoms. The van der Waals surface area contributed by atoms with Gasteiger partial charge in [-0.15, -0.1) is 0 Å². The summed E-state index contributed by atoms with van der Waals surface area (Å²) >= 11 is 0. The van der Waals surface area contributed by atoms with Gasteiger partial charge >= 0.3 is 12.1 Å². The monoisotopic (exact) mass is 325 g/mol. The van der Waals surface area contributed by atoms with Crippen molar-refractivity contribution in [2.75, 3.05) is 18.6 Å². The van der Waals surface area contributed by atoms with Crippen LogP contribution in [0.1, 0.15) is 6.42 Å². The van der Waals surface area contributed by atoms with Gasteiger partial charge < -0.3 is 14.7 Å². The third kappa shape index (κ3) is 2.79. The lowest BCUT2D eigenvalue weighted by Gasteiger charge is -2.26. The SMILES string of the molecule is COc1c(N2CC(C(F)(F)F)CC2C(=O)O)ccc(F)c1F. The van der Waals surface area contributed by atoms with Crippen LogP contribution < -0.4 is 9.64 Å². The molecule has 1 aliphatic rings. The molecule has 0 aromatic heterocycles. The molecular weight excluding hydrogens is 313 g/mol. The third-order valence-electron chi connectivity index (χ3n) is 3.59. The molecular formula is C13H12F5NO3. The van der Waals surface area contributed by atoms with Gasteiger partial charge in [0.25, 0.3) is 0 Å². The van der Waals surface area contributed by atoms with Crippen LogP contribution in [0.15, 0.2) is 12.1 Å². The number of anilines is 1. The van der Waals surface area contributed by atoms with Gasteiger partial charge in [0, 0.05) is 6.54 Å². The van der Waals surface area contributed by atoms with Crippen LogP contribution in [0.3, 0.4) is 0 Å². The number of benzene rings is 1. The predicted octanol–water partition coefficient (Wildman–Crippen LogP) is 2.82. The Kier molecular flexibility index (Phi) is 4.17. The molecule has 1 N–H and O–H groups in total. The van der Waals surface area contributed by atoms with Crippen LogP contribution in [-0.4, -0.2) is 36.9 Å². The van der Waals surface area contributed by atoms with E-state index in [0.717, 1.165) is 18.1 Å². The van der Waals surface area contributed by atoms with Crippen LogP contribution in [0.4, 0.5) is 27.6 Å². The number of rotatable bonds is 3. The maximum atomic E-state index is 13.7. The molecule has 0 saturated carbocycles. The molecule has 2 atom stereocenters. The summed E-state index contributed by atoms with van der Waals surface area (Å²) in [5, 5.41) is 9.10. The van der Waals surface area contributed by atoms with Crippen molar-refractivity contribution in [1.29, 1.82) is 0 Å². The molecule has 1 aliphatic heterocycles. The van der Waals surface area contributed by atoms with E-state index in [1.165, 1.54) is 0 Å². The molecule has 1 saturated heterocycles. The fraction of sp³-hybridized carbons (Fsp3) is 0.462. The van der Waals surface area contributed by atoms with Crippen molar-refractivity contribution >= 4 is 11.7 Å². The number of halogens is 5. The van der Waals surface area contributed by atoms with Crippen molar-refractivity contribution in [3.05, 3.63) is 23.8 Å². The molecule has 0 spiro atoms. The second-order valence-corrected chi connectivity index (χ2v) is 4.89. The molecule has 1 heterocycles. The van der Waals surface area contributed by atoms with Crippen LogP contribution in [-0.2, 0) is 4.79 Å². The highest BCUT2D eigenvalue weighted by Gasteiger charge is 2.50. The van der Waals surface area contributed by atoms with Crippen LogP contribution in [0.5, 0.6) is 5.75 Å². The minimum atomic E-state index is -4.58. The summed E-state index contributed by atoms with van der Waals surface area (Å²) in [4.78, 5) is 12.1. The van der Waals surface area contributed by atoms with Gasteiger partial charge in [-0.05, 0) is 18.6 Å². The van der Waals surface area contributed by atoms with Crippen molar-refractivity contribution in [1.82, 2.24) is 0 Å². The van der Waals surface area contributed by atoms with E-state index in [1.807, 2.05) is 0 Å². The number of ether oxygens (including phenoxy) is 1. The number of aliphatic carboxylic acids is 1. The van der Waals surface area contributed by atoms with Gasteiger partial charge in [0.05, 0.1) is 18.7 Å². The van der Waals surface area contributed by atoms with Gasteiger partial charge in [0.2, 0.25) is 5.82 Å². The summed E-state index contributed by atoms with van der Waals surface area (Å²) < 4.78 is 70.0. The number of hydrogen-bond acceptors (Lipinski definition) is 3. The summed E-state index contributed by atoms with van der Waals surface area (Å²) in [6, 6.07) is 0.226. The third-order valence-corrected chi connectivity index (χ3v) is 3.59. The van der Waals surface area contributed by atoms with Crippen molar-refractivity contribution in [3.63, 3.8) is 0 Å². The highest BCUT2D eigenvalue weighted by atomic mass is 19.4. The quantitative estimate of drug-likeness (QED) is 0.868. The summed E-state index contributed by atoms with van der Waals surface area (Å²) in [5.74, 6) is -6.57. The van der Waals surface area contributed by atoms with Gasteiger partial charge in [-0.25, -0.2) is 9.18 Å². The molecule has 2 rings (SSSR count). The zero-order chi connectivity index (χ0) is 16.7. The number of carboxylic acids is 1. The minimum Gasteiger partial charge on any atom is -0.491 e. The molecule has 1 fully saturated rings. The van der Waals surface area contributed by atoms with Crippen molar-refractivity contribution in [2.45, 2.75) is 18.6 Å². The van der Waals surface area contributed by atoms with E-state index in [1.54, 1.807) is 0 Å². The van der Waals surface area contributed by atoms with E-state index < -0.39 is 54.5 Å². The van der Waals surface area contributed by atoms with E-state index in [9.17, 15) is 26.7 Å². The molecule has 0 bridgehead atoms. The summed E-state index contributed by atoms with van der Waals surface area (Å²) in [5.41, 5.74) is -0.222. The maximum Gasteiger partial charge on any atom is 0.393 e. The second-order valence-electron chi connectivity index (χ2n) is 4.89. The first-order valence-electron chi connectivity index (χ1n) is 6.25. The molecule has 0 aliphatic carbocycles. The number of carbonyl (C=O) groups is 1. The highest BCUT2D eigenvalue weighted by Crippen LogP contribution is 2.42. The van der Waals surface area contributed by atoms with Crippen LogP contribution in [0.25, 0.3) is 0 Å². The first kappa shape index (κ1) is 16.3. The van der Waals surface area contributed by atoms with Gasteiger partial charge in [-0.3, -0.25) is 0 Å². The van der Waals surface area contributed by atoms with Gasteiger partial charge in [0.15, 0.2) is 11.6 Å². The Hall–Kier alpha value is -2.06. The zero-order valence-corrected chi connectivity index (χ0v) is 11.3. The molecule has 0 radical (unpaired) electrons. The average molecular weight is 325 g/mol. The first-order valence-corrected chi connectivity index (χ1v) is 6.25. The Labute approximate surface area is 122 Å². The van der Waals surface area contributed by atoms with Gasteiger partial charge in [0.1, 0.15) is 6.04 Å². The zero-order valence-electron chi connectivity index (χ0n) is 11.3.